The van der Waals surface area contributed by atoms with Crippen molar-refractivity contribution in [1.29, 1.82) is 0 Å². The quantitative estimate of drug-likeness (QED) is 0.857. The highest BCUT2D eigenvalue weighted by Gasteiger charge is 2.26. The van der Waals surface area contributed by atoms with E-state index in [-0.39, 0.29) is 11.9 Å². The number of benzene rings is 1. The Morgan fingerprint density at radius 1 is 1.35 bits per heavy atom. The minimum Gasteiger partial charge on any atom is -0.352 e. The van der Waals surface area contributed by atoms with Crippen molar-refractivity contribution >= 4 is 5.91 Å². The number of carbonyl (C=O) groups excluding carboxylic acids is 1. The first-order valence-electron chi connectivity index (χ1n) is 7.48. The largest absolute Gasteiger partial charge is 0.352 e. The first-order chi connectivity index (χ1) is 9.72. The number of likely N-dealkylation sites (N-methyl/N-ethyl adjacent to an activating group) is 1. The molecule has 2 rings (SSSR count). The Labute approximate surface area is 121 Å². The van der Waals surface area contributed by atoms with Crippen molar-refractivity contribution < 1.29 is 4.79 Å². The lowest BCUT2D eigenvalue weighted by atomic mass is 10.0. The monoisotopic (exact) mass is 275 g/mol. The van der Waals surface area contributed by atoms with E-state index in [1.54, 1.807) is 0 Å². The SMILES string of the molecule is CCN(C)C(C(=O)NC1CCNCC1)c1ccccc1. The van der Waals surface area contributed by atoms with Gasteiger partial charge in [0.1, 0.15) is 6.04 Å². The van der Waals surface area contributed by atoms with Crippen LogP contribution in [0.3, 0.4) is 0 Å². The molecule has 2 N–H and O–H groups in total. The number of nitrogens with one attached hydrogen (secondary N) is 2. The molecule has 1 saturated heterocycles. The van der Waals surface area contributed by atoms with Crippen molar-refractivity contribution in [2.45, 2.75) is 31.8 Å². The van der Waals surface area contributed by atoms with Gasteiger partial charge in [-0.05, 0) is 45.1 Å². The number of piperidine rings is 1. The molecule has 4 nitrogen and oxygen atoms in total. The molecule has 0 bridgehead atoms. The highest BCUT2D eigenvalue weighted by atomic mass is 16.2. The fourth-order valence-electron chi connectivity index (χ4n) is 2.67. The predicted molar refractivity (Wildman–Crippen MR) is 81.5 cm³/mol. The van der Waals surface area contributed by atoms with Gasteiger partial charge in [-0.25, -0.2) is 0 Å². The first kappa shape index (κ1) is 15.0. The lowest BCUT2D eigenvalue weighted by molar-refractivity contribution is -0.127. The zero-order valence-electron chi connectivity index (χ0n) is 12.4. The maximum Gasteiger partial charge on any atom is 0.242 e. The Morgan fingerprint density at radius 3 is 2.60 bits per heavy atom. The van der Waals surface area contributed by atoms with Crippen LogP contribution in [0.4, 0.5) is 0 Å². The van der Waals surface area contributed by atoms with Gasteiger partial charge in [-0.3, -0.25) is 9.69 Å². The molecule has 0 spiro atoms. The van der Waals surface area contributed by atoms with Crippen LogP contribution in [0, 0.1) is 0 Å². The summed E-state index contributed by atoms with van der Waals surface area (Å²) in [4.78, 5) is 14.7. The summed E-state index contributed by atoms with van der Waals surface area (Å²) in [5.74, 6) is 0.118. The van der Waals surface area contributed by atoms with Crippen LogP contribution in [0.25, 0.3) is 0 Å². The van der Waals surface area contributed by atoms with Gasteiger partial charge in [0, 0.05) is 6.04 Å². The van der Waals surface area contributed by atoms with Crippen LogP contribution >= 0.6 is 0 Å². The third-order valence-electron chi connectivity index (χ3n) is 3.99. The molecule has 0 aliphatic carbocycles. The number of hydrogen-bond donors (Lipinski definition) is 2. The smallest absolute Gasteiger partial charge is 0.242 e. The van der Waals surface area contributed by atoms with Crippen molar-refractivity contribution in [3.05, 3.63) is 35.9 Å². The van der Waals surface area contributed by atoms with Gasteiger partial charge in [0.15, 0.2) is 0 Å². The molecule has 0 radical (unpaired) electrons. The summed E-state index contributed by atoms with van der Waals surface area (Å²) < 4.78 is 0. The summed E-state index contributed by atoms with van der Waals surface area (Å²) in [6, 6.07) is 10.1. The summed E-state index contributed by atoms with van der Waals surface area (Å²) in [6.07, 6.45) is 2.03. The van der Waals surface area contributed by atoms with Crippen LogP contribution in [0.1, 0.15) is 31.4 Å². The van der Waals surface area contributed by atoms with E-state index in [0.717, 1.165) is 38.0 Å². The summed E-state index contributed by atoms with van der Waals surface area (Å²) in [5.41, 5.74) is 1.06. The van der Waals surface area contributed by atoms with E-state index in [9.17, 15) is 4.79 Å². The van der Waals surface area contributed by atoms with Gasteiger partial charge < -0.3 is 10.6 Å². The Kier molecular flexibility index (Phi) is 5.56. The molecule has 1 aliphatic heterocycles. The number of carbonyl (C=O) groups is 1. The predicted octanol–water partition coefficient (Wildman–Crippen LogP) is 1.55. The van der Waals surface area contributed by atoms with Gasteiger partial charge in [0.2, 0.25) is 5.91 Å². The Hall–Kier alpha value is -1.39. The molecule has 4 heteroatoms. The van der Waals surface area contributed by atoms with Crippen molar-refractivity contribution in [1.82, 2.24) is 15.5 Å². The molecule has 1 heterocycles. The van der Waals surface area contributed by atoms with Crippen LogP contribution in [0.15, 0.2) is 30.3 Å². The van der Waals surface area contributed by atoms with Gasteiger partial charge in [-0.1, -0.05) is 37.3 Å². The lowest BCUT2D eigenvalue weighted by Gasteiger charge is -2.30. The van der Waals surface area contributed by atoms with Crippen LogP contribution in [-0.4, -0.2) is 43.5 Å². The molecule has 1 aromatic carbocycles. The molecule has 110 valence electrons. The lowest BCUT2D eigenvalue weighted by Crippen LogP contribution is -2.47. The molecule has 1 aliphatic rings. The average molecular weight is 275 g/mol. The Balaban J connectivity index is 2.08. The highest BCUT2D eigenvalue weighted by Crippen LogP contribution is 2.20. The van der Waals surface area contributed by atoms with E-state index in [4.69, 9.17) is 0 Å². The minimum atomic E-state index is -0.198. The third-order valence-corrected chi connectivity index (χ3v) is 3.99. The molecule has 1 aromatic rings. The molecule has 1 atom stereocenters. The molecular formula is C16H25N3O. The van der Waals surface area contributed by atoms with E-state index in [1.165, 1.54) is 0 Å². The number of amides is 1. The van der Waals surface area contributed by atoms with Crippen LogP contribution in [0.5, 0.6) is 0 Å². The molecule has 1 amide bonds. The molecule has 0 saturated carbocycles. The normalized spacial score (nSPS) is 17.9. The van der Waals surface area contributed by atoms with E-state index in [0.29, 0.717) is 6.04 Å². The molecule has 0 aromatic heterocycles. The maximum absolute atomic E-state index is 12.6. The second kappa shape index (κ2) is 7.41. The fraction of sp³-hybridized carbons (Fsp3) is 0.562. The minimum absolute atomic E-state index is 0.118. The van der Waals surface area contributed by atoms with Crippen LogP contribution < -0.4 is 10.6 Å². The number of nitrogens with zero attached hydrogens (tertiary/aromatic N) is 1. The van der Waals surface area contributed by atoms with Gasteiger partial charge in [-0.2, -0.15) is 0 Å². The van der Waals surface area contributed by atoms with E-state index in [1.807, 2.05) is 37.4 Å². The van der Waals surface area contributed by atoms with E-state index < -0.39 is 0 Å². The average Bonchev–Trinajstić information content (AvgIpc) is 2.49. The zero-order valence-corrected chi connectivity index (χ0v) is 12.4. The summed E-state index contributed by atoms with van der Waals surface area (Å²) in [6.45, 7) is 4.90. The van der Waals surface area contributed by atoms with Gasteiger partial charge in [0.05, 0.1) is 0 Å². The third kappa shape index (κ3) is 3.81. The zero-order chi connectivity index (χ0) is 14.4. The summed E-state index contributed by atoms with van der Waals surface area (Å²) in [7, 11) is 2.00. The highest BCUT2D eigenvalue weighted by molar-refractivity contribution is 5.83. The Morgan fingerprint density at radius 2 is 2.00 bits per heavy atom. The fourth-order valence-corrected chi connectivity index (χ4v) is 2.67. The van der Waals surface area contributed by atoms with E-state index >= 15 is 0 Å². The van der Waals surface area contributed by atoms with E-state index in [2.05, 4.69) is 22.5 Å². The standard InChI is InChI=1S/C16H25N3O/c1-3-19(2)15(13-7-5-4-6-8-13)16(20)18-14-9-11-17-12-10-14/h4-8,14-15,17H,3,9-12H2,1-2H3,(H,18,20). The number of rotatable bonds is 5. The van der Waals surface area contributed by atoms with Crippen molar-refractivity contribution in [2.75, 3.05) is 26.7 Å². The number of hydrogen-bond acceptors (Lipinski definition) is 3. The second-order valence-electron chi connectivity index (χ2n) is 5.42. The van der Waals surface area contributed by atoms with Crippen LogP contribution in [0.2, 0.25) is 0 Å². The van der Waals surface area contributed by atoms with Gasteiger partial charge in [-0.15, -0.1) is 0 Å². The molecular weight excluding hydrogens is 250 g/mol. The molecule has 1 unspecified atom stereocenters. The van der Waals surface area contributed by atoms with Crippen LogP contribution in [-0.2, 0) is 4.79 Å². The Bertz CT molecular complexity index is 415. The maximum atomic E-state index is 12.6. The first-order valence-corrected chi connectivity index (χ1v) is 7.48. The van der Waals surface area contributed by atoms with Crippen molar-refractivity contribution in [2.24, 2.45) is 0 Å². The second-order valence-corrected chi connectivity index (χ2v) is 5.42. The van der Waals surface area contributed by atoms with Gasteiger partial charge in [0.25, 0.3) is 0 Å². The topological polar surface area (TPSA) is 44.4 Å². The van der Waals surface area contributed by atoms with Crippen molar-refractivity contribution in [3.8, 4) is 0 Å². The summed E-state index contributed by atoms with van der Waals surface area (Å²) in [5, 5.41) is 6.53. The van der Waals surface area contributed by atoms with Gasteiger partial charge >= 0.3 is 0 Å². The molecule has 1 fully saturated rings. The van der Waals surface area contributed by atoms with Crippen molar-refractivity contribution in [3.63, 3.8) is 0 Å². The molecule has 20 heavy (non-hydrogen) atoms. The summed E-state index contributed by atoms with van der Waals surface area (Å²) >= 11 is 0.